The Hall–Kier alpha value is -0.965. The molecule has 76 valence electrons. The predicted octanol–water partition coefficient (Wildman–Crippen LogP) is 0.715. The van der Waals surface area contributed by atoms with Crippen molar-refractivity contribution in [3.63, 3.8) is 0 Å². The van der Waals surface area contributed by atoms with Gasteiger partial charge in [0.25, 0.3) is 0 Å². The molecule has 1 aromatic rings. The second-order valence-electron chi connectivity index (χ2n) is 3.44. The molecular formula is C9H10BF3O. The van der Waals surface area contributed by atoms with Gasteiger partial charge in [0.2, 0.25) is 0 Å². The highest BCUT2D eigenvalue weighted by molar-refractivity contribution is 6.32. The summed E-state index contributed by atoms with van der Waals surface area (Å²) in [5, 5.41) is 9.29. The van der Waals surface area contributed by atoms with E-state index in [0.29, 0.717) is 0 Å². The van der Waals surface area contributed by atoms with Gasteiger partial charge in [0, 0.05) is 0 Å². The maximum absolute atomic E-state index is 12.4. The zero-order chi connectivity index (χ0) is 11.0. The Morgan fingerprint density at radius 1 is 1.14 bits per heavy atom. The number of benzene rings is 1. The number of aliphatic hydroxyl groups is 1. The van der Waals surface area contributed by atoms with E-state index < -0.39 is 11.8 Å². The molecule has 0 saturated carbocycles. The minimum atomic E-state index is -4.65. The van der Waals surface area contributed by atoms with Crippen molar-refractivity contribution in [3.8, 4) is 0 Å². The van der Waals surface area contributed by atoms with Crippen LogP contribution in [0.1, 0.15) is 12.5 Å². The Balaban J connectivity index is 3.10. The molecule has 0 aliphatic heterocycles. The summed E-state index contributed by atoms with van der Waals surface area (Å²) >= 11 is 0. The average molecular weight is 202 g/mol. The summed E-state index contributed by atoms with van der Waals surface area (Å²) in [5.74, 6) is 0. The third-order valence-electron chi connectivity index (χ3n) is 2.17. The van der Waals surface area contributed by atoms with Crippen molar-refractivity contribution >= 4 is 13.3 Å². The SMILES string of the molecule is Bc1ccc([C@](C)(O)C(F)(F)F)cc1. The fourth-order valence-electron chi connectivity index (χ4n) is 1.04. The fraction of sp³-hybridized carbons (Fsp3) is 0.333. The Bertz CT molecular complexity index is 316. The number of hydrogen-bond acceptors (Lipinski definition) is 1. The van der Waals surface area contributed by atoms with E-state index in [1.807, 2.05) is 0 Å². The average Bonchev–Trinajstić information content (AvgIpc) is 2.03. The molecule has 0 unspecified atom stereocenters. The largest absolute Gasteiger partial charge is 0.421 e. The Morgan fingerprint density at radius 3 is 1.93 bits per heavy atom. The molecule has 0 fully saturated rings. The first-order valence-electron chi connectivity index (χ1n) is 4.11. The van der Waals surface area contributed by atoms with Gasteiger partial charge in [0.05, 0.1) is 0 Å². The molecule has 1 aromatic carbocycles. The van der Waals surface area contributed by atoms with Crippen molar-refractivity contribution in [1.82, 2.24) is 0 Å². The van der Waals surface area contributed by atoms with Gasteiger partial charge in [-0.25, -0.2) is 0 Å². The smallest absolute Gasteiger partial charge is 0.376 e. The van der Waals surface area contributed by atoms with Crippen LogP contribution in [0.25, 0.3) is 0 Å². The van der Waals surface area contributed by atoms with Gasteiger partial charge in [-0.15, -0.1) is 0 Å². The van der Waals surface area contributed by atoms with E-state index >= 15 is 0 Å². The summed E-state index contributed by atoms with van der Waals surface area (Å²) in [7, 11) is 1.77. The number of hydrogen-bond donors (Lipinski definition) is 1. The van der Waals surface area contributed by atoms with E-state index in [1.54, 1.807) is 7.85 Å². The summed E-state index contributed by atoms with van der Waals surface area (Å²) in [6, 6.07) is 5.64. The number of rotatable bonds is 1. The predicted molar refractivity (Wildman–Crippen MR) is 50.2 cm³/mol. The molecule has 0 spiro atoms. The van der Waals surface area contributed by atoms with Crippen LogP contribution in [0.2, 0.25) is 0 Å². The summed E-state index contributed by atoms with van der Waals surface area (Å²) < 4.78 is 37.1. The van der Waals surface area contributed by atoms with Crippen LogP contribution >= 0.6 is 0 Å². The van der Waals surface area contributed by atoms with Crippen LogP contribution in [-0.2, 0) is 5.60 Å². The zero-order valence-electron chi connectivity index (χ0n) is 7.89. The molecule has 1 nitrogen and oxygen atoms in total. The molecule has 0 aromatic heterocycles. The van der Waals surface area contributed by atoms with Crippen LogP contribution in [0, 0.1) is 0 Å². The molecule has 1 rings (SSSR count). The van der Waals surface area contributed by atoms with Crippen molar-refractivity contribution in [2.75, 3.05) is 0 Å². The lowest BCUT2D eigenvalue weighted by Gasteiger charge is -2.26. The monoisotopic (exact) mass is 202 g/mol. The zero-order valence-corrected chi connectivity index (χ0v) is 7.89. The van der Waals surface area contributed by atoms with Gasteiger partial charge < -0.3 is 5.11 Å². The molecule has 1 N–H and O–H groups in total. The summed E-state index contributed by atoms with van der Waals surface area (Å²) in [4.78, 5) is 0. The van der Waals surface area contributed by atoms with Gasteiger partial charge in [-0.1, -0.05) is 29.7 Å². The first-order valence-corrected chi connectivity index (χ1v) is 4.11. The summed E-state index contributed by atoms with van der Waals surface area (Å²) in [6.07, 6.45) is -4.65. The Labute approximate surface area is 81.0 Å². The second-order valence-corrected chi connectivity index (χ2v) is 3.44. The van der Waals surface area contributed by atoms with Gasteiger partial charge in [0.15, 0.2) is 5.60 Å². The van der Waals surface area contributed by atoms with Crippen LogP contribution in [0.5, 0.6) is 0 Å². The quantitative estimate of drug-likeness (QED) is 0.665. The van der Waals surface area contributed by atoms with E-state index in [4.69, 9.17) is 0 Å². The van der Waals surface area contributed by atoms with Gasteiger partial charge in [-0.3, -0.25) is 0 Å². The van der Waals surface area contributed by atoms with Crippen molar-refractivity contribution < 1.29 is 18.3 Å². The van der Waals surface area contributed by atoms with Crippen molar-refractivity contribution in [2.24, 2.45) is 0 Å². The van der Waals surface area contributed by atoms with Gasteiger partial charge in [0.1, 0.15) is 7.85 Å². The van der Waals surface area contributed by atoms with E-state index in [0.717, 1.165) is 12.4 Å². The van der Waals surface area contributed by atoms with Gasteiger partial charge in [-0.2, -0.15) is 13.2 Å². The Morgan fingerprint density at radius 2 is 1.57 bits per heavy atom. The molecule has 0 amide bonds. The molecule has 0 heterocycles. The molecule has 0 aliphatic carbocycles. The minimum Gasteiger partial charge on any atom is -0.376 e. The molecule has 5 heteroatoms. The third kappa shape index (κ3) is 1.92. The normalized spacial score (nSPS) is 16.4. The Kier molecular flexibility index (Phi) is 2.63. The van der Waals surface area contributed by atoms with Crippen LogP contribution in [0.4, 0.5) is 13.2 Å². The van der Waals surface area contributed by atoms with E-state index in [-0.39, 0.29) is 5.56 Å². The maximum Gasteiger partial charge on any atom is 0.421 e. The van der Waals surface area contributed by atoms with E-state index in [9.17, 15) is 18.3 Å². The highest BCUT2D eigenvalue weighted by atomic mass is 19.4. The van der Waals surface area contributed by atoms with Crippen LogP contribution in [-0.4, -0.2) is 19.1 Å². The highest BCUT2D eigenvalue weighted by Gasteiger charge is 2.50. The maximum atomic E-state index is 12.4. The fourth-order valence-corrected chi connectivity index (χ4v) is 1.04. The van der Waals surface area contributed by atoms with Crippen LogP contribution in [0.15, 0.2) is 24.3 Å². The summed E-state index contributed by atoms with van der Waals surface area (Å²) in [5.41, 5.74) is -2.07. The van der Waals surface area contributed by atoms with E-state index in [2.05, 4.69) is 0 Å². The van der Waals surface area contributed by atoms with Crippen LogP contribution < -0.4 is 5.46 Å². The van der Waals surface area contributed by atoms with Crippen LogP contribution in [0.3, 0.4) is 0 Å². The molecule has 0 radical (unpaired) electrons. The lowest BCUT2D eigenvalue weighted by molar-refractivity contribution is -0.258. The molecule has 0 saturated heterocycles. The number of halogens is 3. The molecule has 0 aliphatic rings. The second kappa shape index (κ2) is 3.31. The molecule has 1 atom stereocenters. The van der Waals surface area contributed by atoms with Gasteiger partial charge >= 0.3 is 6.18 Å². The minimum absolute atomic E-state index is 0.143. The van der Waals surface area contributed by atoms with Crippen molar-refractivity contribution in [3.05, 3.63) is 29.8 Å². The molecule has 0 bridgehead atoms. The topological polar surface area (TPSA) is 20.2 Å². The molecular weight excluding hydrogens is 192 g/mol. The third-order valence-corrected chi connectivity index (χ3v) is 2.17. The number of alkyl halides is 3. The lowest BCUT2D eigenvalue weighted by Crippen LogP contribution is -2.39. The summed E-state index contributed by atoms with van der Waals surface area (Å²) in [6.45, 7) is 0.748. The van der Waals surface area contributed by atoms with Gasteiger partial charge in [-0.05, 0) is 12.5 Å². The standard InChI is InChI=1S/C9H10BF3O/c1-8(14,9(11,12)13)6-2-4-7(10)5-3-6/h2-5,14H,10H2,1H3/t8-/m0/s1. The van der Waals surface area contributed by atoms with Crippen molar-refractivity contribution in [1.29, 1.82) is 0 Å². The lowest BCUT2D eigenvalue weighted by atomic mass is 9.90. The highest BCUT2D eigenvalue weighted by Crippen LogP contribution is 2.37. The van der Waals surface area contributed by atoms with E-state index in [1.165, 1.54) is 24.3 Å². The van der Waals surface area contributed by atoms with Crippen molar-refractivity contribution in [2.45, 2.75) is 18.7 Å². The first kappa shape index (κ1) is 11.1. The first-order chi connectivity index (χ1) is 6.25. The molecule has 14 heavy (non-hydrogen) atoms.